The van der Waals surface area contributed by atoms with Gasteiger partial charge in [-0.3, -0.25) is 0 Å². The van der Waals surface area contributed by atoms with Crippen LogP contribution in [0.25, 0.3) is 0 Å². The Bertz CT molecular complexity index is 430. The molecule has 20 heavy (non-hydrogen) atoms. The fourth-order valence-corrected chi connectivity index (χ4v) is 3.12. The van der Waals surface area contributed by atoms with Gasteiger partial charge in [-0.2, -0.15) is 0 Å². The first kappa shape index (κ1) is 15.1. The smallest absolute Gasteiger partial charge is 0.135 e. The van der Waals surface area contributed by atoms with Gasteiger partial charge >= 0.3 is 0 Å². The topological polar surface area (TPSA) is 49.8 Å². The summed E-state index contributed by atoms with van der Waals surface area (Å²) in [5.74, 6) is 3.22. The molecule has 2 N–H and O–H groups in total. The highest BCUT2D eigenvalue weighted by molar-refractivity contribution is 5.59. The summed E-state index contributed by atoms with van der Waals surface area (Å²) in [6.45, 7) is 9.74. The molecule has 4 nitrogen and oxygen atoms in total. The molecule has 0 spiro atoms. The van der Waals surface area contributed by atoms with E-state index in [0.29, 0.717) is 12.0 Å². The third-order valence-electron chi connectivity index (χ3n) is 4.08. The normalized spacial score (nSPS) is 22.9. The van der Waals surface area contributed by atoms with Gasteiger partial charge in [0.1, 0.15) is 18.0 Å². The summed E-state index contributed by atoms with van der Waals surface area (Å²) in [6, 6.07) is 0.556. The number of nitrogens with one attached hydrogen (secondary N) is 2. The van der Waals surface area contributed by atoms with E-state index in [2.05, 4.69) is 48.3 Å². The lowest BCUT2D eigenvalue weighted by Gasteiger charge is -2.29. The maximum Gasteiger partial charge on any atom is 0.135 e. The molecule has 1 heterocycles. The molecule has 1 aliphatic carbocycles. The van der Waals surface area contributed by atoms with Crippen molar-refractivity contribution in [1.29, 1.82) is 0 Å². The van der Waals surface area contributed by atoms with Gasteiger partial charge in [0.2, 0.25) is 0 Å². The second-order valence-electron chi connectivity index (χ2n) is 6.28. The lowest BCUT2D eigenvalue weighted by Crippen LogP contribution is -2.27. The Hall–Kier alpha value is -1.32. The molecule has 1 aliphatic rings. The monoisotopic (exact) mass is 276 g/mol. The van der Waals surface area contributed by atoms with Crippen molar-refractivity contribution in [2.24, 2.45) is 5.92 Å². The zero-order valence-electron chi connectivity index (χ0n) is 13.2. The van der Waals surface area contributed by atoms with Crippen LogP contribution in [0.15, 0.2) is 6.33 Å². The minimum Gasteiger partial charge on any atom is -0.370 e. The van der Waals surface area contributed by atoms with Crippen LogP contribution < -0.4 is 10.6 Å². The van der Waals surface area contributed by atoms with Crippen molar-refractivity contribution >= 4 is 11.6 Å². The molecule has 0 aliphatic heterocycles. The van der Waals surface area contributed by atoms with Gasteiger partial charge in [-0.15, -0.1) is 0 Å². The Morgan fingerprint density at radius 3 is 2.65 bits per heavy atom. The number of hydrogen-bond acceptors (Lipinski definition) is 4. The fourth-order valence-electron chi connectivity index (χ4n) is 3.12. The zero-order valence-corrected chi connectivity index (χ0v) is 13.2. The van der Waals surface area contributed by atoms with Crippen molar-refractivity contribution in [2.75, 3.05) is 17.2 Å². The fraction of sp³-hybridized carbons (Fsp3) is 0.750. The summed E-state index contributed by atoms with van der Waals surface area (Å²) in [5, 5.41) is 7.02. The summed E-state index contributed by atoms with van der Waals surface area (Å²) in [6.07, 6.45) is 6.85. The molecule has 0 aromatic carbocycles. The van der Waals surface area contributed by atoms with E-state index in [1.54, 1.807) is 6.33 Å². The quantitative estimate of drug-likeness (QED) is 0.852. The lowest BCUT2D eigenvalue weighted by molar-refractivity contribution is 0.358. The minimum absolute atomic E-state index is 0.411. The summed E-state index contributed by atoms with van der Waals surface area (Å²) < 4.78 is 0. The van der Waals surface area contributed by atoms with Gasteiger partial charge in [0.15, 0.2) is 0 Å². The SMILES string of the molecule is CCNc1ncnc(NC2CCCC(C)C2)c1C(C)C. The van der Waals surface area contributed by atoms with E-state index in [0.717, 1.165) is 24.1 Å². The van der Waals surface area contributed by atoms with E-state index in [1.165, 1.54) is 31.2 Å². The Morgan fingerprint density at radius 1 is 1.25 bits per heavy atom. The molecule has 2 rings (SSSR count). The van der Waals surface area contributed by atoms with Gasteiger partial charge in [0.25, 0.3) is 0 Å². The summed E-state index contributed by atoms with van der Waals surface area (Å²) in [7, 11) is 0. The number of nitrogens with zero attached hydrogens (tertiary/aromatic N) is 2. The molecule has 4 heteroatoms. The van der Waals surface area contributed by atoms with Gasteiger partial charge in [-0.05, 0) is 31.6 Å². The van der Waals surface area contributed by atoms with E-state index in [1.807, 2.05) is 0 Å². The highest BCUT2D eigenvalue weighted by Gasteiger charge is 2.22. The number of anilines is 2. The molecule has 0 radical (unpaired) electrons. The maximum atomic E-state index is 4.50. The average molecular weight is 276 g/mol. The molecular weight excluding hydrogens is 248 g/mol. The molecule has 2 atom stereocenters. The molecule has 2 unspecified atom stereocenters. The minimum atomic E-state index is 0.411. The molecule has 0 amide bonds. The first-order valence-electron chi connectivity index (χ1n) is 7.97. The molecule has 1 aromatic heterocycles. The molecule has 0 bridgehead atoms. The van der Waals surface area contributed by atoms with Crippen LogP contribution in [0.1, 0.15) is 64.9 Å². The molecule has 1 saturated carbocycles. The van der Waals surface area contributed by atoms with Crippen molar-refractivity contribution in [3.63, 3.8) is 0 Å². The number of aromatic nitrogens is 2. The Morgan fingerprint density at radius 2 is 2.00 bits per heavy atom. The van der Waals surface area contributed by atoms with Crippen LogP contribution in [0, 0.1) is 5.92 Å². The van der Waals surface area contributed by atoms with E-state index in [4.69, 9.17) is 0 Å². The van der Waals surface area contributed by atoms with Crippen molar-refractivity contribution in [3.05, 3.63) is 11.9 Å². The molecule has 112 valence electrons. The predicted octanol–water partition coefficient (Wildman–Crippen LogP) is 4.02. The molecule has 1 fully saturated rings. The average Bonchev–Trinajstić information content (AvgIpc) is 2.39. The number of hydrogen-bond donors (Lipinski definition) is 2. The van der Waals surface area contributed by atoms with Gasteiger partial charge in [0, 0.05) is 18.2 Å². The van der Waals surface area contributed by atoms with Crippen molar-refractivity contribution in [1.82, 2.24) is 9.97 Å². The second kappa shape index (κ2) is 6.91. The number of rotatable bonds is 5. The summed E-state index contributed by atoms with van der Waals surface area (Å²) in [4.78, 5) is 8.90. The summed E-state index contributed by atoms with van der Waals surface area (Å²) >= 11 is 0. The van der Waals surface area contributed by atoms with Crippen LogP contribution in [0.3, 0.4) is 0 Å². The van der Waals surface area contributed by atoms with Crippen LogP contribution in [0.4, 0.5) is 11.6 Å². The van der Waals surface area contributed by atoms with Crippen LogP contribution in [0.5, 0.6) is 0 Å². The third kappa shape index (κ3) is 3.62. The van der Waals surface area contributed by atoms with E-state index < -0.39 is 0 Å². The van der Waals surface area contributed by atoms with Crippen LogP contribution >= 0.6 is 0 Å². The Labute approximate surface area is 122 Å². The first-order chi connectivity index (χ1) is 9.61. The van der Waals surface area contributed by atoms with E-state index in [9.17, 15) is 0 Å². The first-order valence-corrected chi connectivity index (χ1v) is 7.97. The zero-order chi connectivity index (χ0) is 14.5. The van der Waals surface area contributed by atoms with E-state index in [-0.39, 0.29) is 0 Å². The Kier molecular flexibility index (Phi) is 5.21. The third-order valence-corrected chi connectivity index (χ3v) is 4.08. The van der Waals surface area contributed by atoms with Crippen LogP contribution in [-0.2, 0) is 0 Å². The van der Waals surface area contributed by atoms with Gasteiger partial charge in [-0.25, -0.2) is 9.97 Å². The maximum absolute atomic E-state index is 4.50. The van der Waals surface area contributed by atoms with Gasteiger partial charge in [-0.1, -0.05) is 33.6 Å². The van der Waals surface area contributed by atoms with Crippen molar-refractivity contribution in [2.45, 2.75) is 65.3 Å². The largest absolute Gasteiger partial charge is 0.370 e. The van der Waals surface area contributed by atoms with Crippen LogP contribution in [0.2, 0.25) is 0 Å². The molecule has 1 aromatic rings. The standard InChI is InChI=1S/C16H28N4/c1-5-17-15-14(11(2)3)16(19-10-18-15)20-13-8-6-7-12(4)9-13/h10-13H,5-9H2,1-4H3,(H2,17,18,19,20). The second-order valence-corrected chi connectivity index (χ2v) is 6.28. The Balaban J connectivity index is 2.19. The van der Waals surface area contributed by atoms with Crippen molar-refractivity contribution in [3.8, 4) is 0 Å². The highest BCUT2D eigenvalue weighted by Crippen LogP contribution is 2.31. The highest BCUT2D eigenvalue weighted by atomic mass is 15.1. The van der Waals surface area contributed by atoms with Gasteiger partial charge < -0.3 is 10.6 Å². The van der Waals surface area contributed by atoms with Crippen molar-refractivity contribution < 1.29 is 0 Å². The summed E-state index contributed by atoms with van der Waals surface area (Å²) in [5.41, 5.74) is 1.22. The van der Waals surface area contributed by atoms with Crippen LogP contribution in [-0.4, -0.2) is 22.6 Å². The van der Waals surface area contributed by atoms with Gasteiger partial charge in [0.05, 0.1) is 0 Å². The molecular formula is C16H28N4. The lowest BCUT2D eigenvalue weighted by atomic mass is 9.87. The van der Waals surface area contributed by atoms with E-state index >= 15 is 0 Å². The predicted molar refractivity (Wildman–Crippen MR) is 85.3 cm³/mol. The molecule has 0 saturated heterocycles.